The number of rotatable bonds is 5. The van der Waals surface area contributed by atoms with Gasteiger partial charge in [-0.25, -0.2) is 15.0 Å². The summed E-state index contributed by atoms with van der Waals surface area (Å²) in [4.78, 5) is 13.6. The molecule has 0 spiro atoms. The maximum Gasteiger partial charge on any atom is 0.420 e. The number of hydrogen-bond acceptors (Lipinski definition) is 7. The minimum absolute atomic E-state index is 0.177. The first kappa shape index (κ1) is 39.1. The maximum atomic E-state index is 16.6. The van der Waals surface area contributed by atoms with Crippen LogP contribution in [0.4, 0.5) is 13.2 Å². The van der Waals surface area contributed by atoms with E-state index in [0.717, 1.165) is 0 Å². The van der Waals surface area contributed by atoms with Gasteiger partial charge in [0.15, 0.2) is 5.82 Å². The van der Waals surface area contributed by atoms with Crippen LogP contribution in [-0.2, 0) is 6.18 Å². The average molecular weight is 836 g/mol. The summed E-state index contributed by atoms with van der Waals surface area (Å²) in [6.45, 7) is 3.40. The first-order valence-electron chi connectivity index (χ1n) is 19.9. The van der Waals surface area contributed by atoms with Crippen molar-refractivity contribution >= 4 is 43.6 Å². The Kier molecular flexibility index (Phi) is 9.04. The Balaban J connectivity index is 1.36. The van der Waals surface area contributed by atoms with E-state index >= 15 is 13.2 Å². The van der Waals surface area contributed by atoms with Crippen molar-refractivity contribution in [2.45, 2.75) is 20.0 Å². The van der Waals surface area contributed by atoms with E-state index in [2.05, 4.69) is 39.2 Å². The fourth-order valence-corrected chi connectivity index (χ4v) is 8.84. The van der Waals surface area contributed by atoms with E-state index in [1.54, 1.807) is 83.6 Å². The molecule has 0 aliphatic carbocycles. The highest BCUT2D eigenvalue weighted by Gasteiger charge is 2.40. The number of aryl methyl sites for hydroxylation is 2. The molecule has 12 heteroatoms. The average Bonchev–Trinajstić information content (AvgIpc) is 3.82. The van der Waals surface area contributed by atoms with Gasteiger partial charge in [-0.05, 0) is 96.8 Å². The van der Waals surface area contributed by atoms with Crippen LogP contribution < -0.4 is 0 Å². The molecular weight excluding hydrogens is 808 g/mol. The number of nitrogens with zero attached hydrogens (tertiary/aromatic N) is 9. The number of benzene rings is 7. The summed E-state index contributed by atoms with van der Waals surface area (Å²) in [6.07, 6.45) is -4.96. The lowest BCUT2D eigenvalue weighted by Gasteiger charge is -2.23. The van der Waals surface area contributed by atoms with Gasteiger partial charge in [-0.3, -0.25) is 0 Å². The molecule has 0 aliphatic rings. The molecule has 0 saturated carbocycles. The summed E-state index contributed by atoms with van der Waals surface area (Å²) in [5.74, 6) is 0.955. The second-order valence-electron chi connectivity index (χ2n) is 15.3. The molecule has 3 aromatic heterocycles. The SMILES string of the molecule is Cc1nc(C)nc(-c2cc(-n3c4ccccc4c4ccc(-c5ccc(C#N)cc5C#N)cc43)c(C(F)(F)F)c(-n3c4ccccc4c4ccc(-c5ccc(C#N)cc5C#N)cc43)c2)n1. The molecular formula is C52H28F3N9. The molecule has 10 rings (SSSR count). The fraction of sp³-hybridized carbons (Fsp3) is 0.0577. The van der Waals surface area contributed by atoms with Crippen LogP contribution >= 0.6 is 0 Å². The van der Waals surface area contributed by atoms with Crippen molar-refractivity contribution in [2.75, 3.05) is 0 Å². The number of alkyl halides is 3. The van der Waals surface area contributed by atoms with Gasteiger partial charge in [-0.1, -0.05) is 72.8 Å². The Hall–Kier alpha value is -9.10. The van der Waals surface area contributed by atoms with Gasteiger partial charge in [0, 0.05) is 27.1 Å². The predicted octanol–water partition coefficient (Wildman–Crippen LogP) is 12.2. The van der Waals surface area contributed by atoms with Crippen molar-refractivity contribution in [1.29, 1.82) is 21.0 Å². The van der Waals surface area contributed by atoms with E-state index in [9.17, 15) is 21.0 Å². The Morgan fingerprint density at radius 2 is 0.891 bits per heavy atom. The van der Waals surface area contributed by atoms with Crippen molar-refractivity contribution in [1.82, 2.24) is 24.1 Å². The normalized spacial score (nSPS) is 11.5. The van der Waals surface area contributed by atoms with E-state index in [0.29, 0.717) is 94.2 Å². The lowest BCUT2D eigenvalue weighted by Crippen LogP contribution is -2.16. The van der Waals surface area contributed by atoms with Gasteiger partial charge in [0.25, 0.3) is 0 Å². The quantitative estimate of drug-likeness (QED) is 0.168. The molecule has 9 nitrogen and oxygen atoms in total. The van der Waals surface area contributed by atoms with Crippen LogP contribution in [0.5, 0.6) is 0 Å². The van der Waals surface area contributed by atoms with Gasteiger partial charge in [0.1, 0.15) is 17.2 Å². The van der Waals surface area contributed by atoms with Crippen LogP contribution in [0.3, 0.4) is 0 Å². The number of nitriles is 4. The minimum atomic E-state index is -4.96. The van der Waals surface area contributed by atoms with Crippen molar-refractivity contribution in [3.63, 3.8) is 0 Å². The summed E-state index contributed by atoms with van der Waals surface area (Å²) in [6, 6.07) is 46.3. The molecule has 0 saturated heterocycles. The monoisotopic (exact) mass is 835 g/mol. The zero-order valence-electron chi connectivity index (χ0n) is 33.9. The Labute approximate surface area is 363 Å². The lowest BCUT2D eigenvalue weighted by atomic mass is 9.97. The van der Waals surface area contributed by atoms with Gasteiger partial charge in [-0.2, -0.15) is 34.2 Å². The molecule has 10 aromatic rings. The third-order valence-corrected chi connectivity index (χ3v) is 11.5. The number of halogens is 3. The predicted molar refractivity (Wildman–Crippen MR) is 238 cm³/mol. The first-order chi connectivity index (χ1) is 31.0. The van der Waals surface area contributed by atoms with Crippen molar-refractivity contribution < 1.29 is 13.2 Å². The van der Waals surface area contributed by atoms with Gasteiger partial charge >= 0.3 is 6.18 Å². The van der Waals surface area contributed by atoms with Gasteiger partial charge in [-0.15, -0.1) is 0 Å². The zero-order valence-corrected chi connectivity index (χ0v) is 33.9. The molecule has 0 amide bonds. The third-order valence-electron chi connectivity index (χ3n) is 11.5. The van der Waals surface area contributed by atoms with Crippen molar-refractivity contribution in [2.24, 2.45) is 0 Å². The topological polar surface area (TPSA) is 144 Å². The lowest BCUT2D eigenvalue weighted by molar-refractivity contribution is -0.137. The molecule has 0 fully saturated rings. The Bertz CT molecular complexity index is 3580. The third kappa shape index (κ3) is 6.26. The molecule has 0 unspecified atom stereocenters. The second-order valence-corrected chi connectivity index (χ2v) is 15.3. The highest BCUT2D eigenvalue weighted by molar-refractivity contribution is 6.12. The van der Waals surface area contributed by atoms with E-state index in [1.807, 2.05) is 48.5 Å². The van der Waals surface area contributed by atoms with Crippen LogP contribution in [0.1, 0.15) is 39.5 Å². The molecule has 0 N–H and O–H groups in total. The van der Waals surface area contributed by atoms with E-state index < -0.39 is 11.7 Å². The largest absolute Gasteiger partial charge is 0.420 e. The number of para-hydroxylation sites is 2. The smallest absolute Gasteiger partial charge is 0.309 e. The van der Waals surface area contributed by atoms with E-state index in [1.165, 1.54) is 24.3 Å². The van der Waals surface area contributed by atoms with E-state index in [-0.39, 0.29) is 28.3 Å². The summed E-state index contributed by atoms with van der Waals surface area (Å²) < 4.78 is 53.0. The summed E-state index contributed by atoms with van der Waals surface area (Å²) in [5, 5.41) is 42.1. The summed E-state index contributed by atoms with van der Waals surface area (Å²) >= 11 is 0. The van der Waals surface area contributed by atoms with Gasteiger partial charge in [0.05, 0.1) is 80.0 Å². The van der Waals surface area contributed by atoms with Crippen molar-refractivity contribution in [3.8, 4) is 69.3 Å². The van der Waals surface area contributed by atoms with Crippen molar-refractivity contribution in [3.05, 3.63) is 173 Å². The summed E-state index contributed by atoms with van der Waals surface area (Å²) in [7, 11) is 0. The summed E-state index contributed by atoms with van der Waals surface area (Å²) in [5.41, 5.74) is 4.14. The number of hydrogen-bond donors (Lipinski definition) is 0. The highest BCUT2D eigenvalue weighted by Crippen LogP contribution is 2.47. The van der Waals surface area contributed by atoms with Crippen LogP contribution in [0, 0.1) is 59.2 Å². The highest BCUT2D eigenvalue weighted by atomic mass is 19.4. The van der Waals surface area contributed by atoms with Crippen LogP contribution in [-0.4, -0.2) is 24.1 Å². The maximum absolute atomic E-state index is 16.6. The van der Waals surface area contributed by atoms with Gasteiger partial charge < -0.3 is 9.13 Å². The molecule has 7 aromatic carbocycles. The van der Waals surface area contributed by atoms with Gasteiger partial charge in [0.2, 0.25) is 0 Å². The van der Waals surface area contributed by atoms with E-state index in [4.69, 9.17) is 0 Å². The number of aromatic nitrogens is 5. The molecule has 3 heterocycles. The molecule has 64 heavy (non-hydrogen) atoms. The Morgan fingerprint density at radius 1 is 0.453 bits per heavy atom. The fourth-order valence-electron chi connectivity index (χ4n) is 8.84. The number of fused-ring (bicyclic) bond motifs is 6. The zero-order chi connectivity index (χ0) is 44.4. The van der Waals surface area contributed by atoms with Crippen LogP contribution in [0.15, 0.2) is 133 Å². The molecule has 0 aliphatic heterocycles. The standard InChI is InChI=1S/C52H28F3N9/c1-29-60-30(2)62-51(61-29)35-23-48(63-44-9-5-3-7-40(44)42-17-13-33(21-46(42)63)38-15-11-31(25-56)19-36(38)27-58)50(52(53,54)55)49(24-35)64-45-10-6-4-8-41(45)43-18-14-34(22-47(43)64)39-16-12-32(26-57)20-37(39)28-59/h3-24H,1-2H3. The second kappa shape index (κ2) is 14.8. The minimum Gasteiger partial charge on any atom is -0.309 e. The molecule has 0 bridgehead atoms. The van der Waals surface area contributed by atoms with Crippen LogP contribution in [0.2, 0.25) is 0 Å². The first-order valence-corrected chi connectivity index (χ1v) is 19.9. The Morgan fingerprint density at radius 3 is 1.31 bits per heavy atom. The van der Waals surface area contributed by atoms with Crippen LogP contribution in [0.25, 0.3) is 88.6 Å². The molecule has 0 radical (unpaired) electrons. The molecule has 302 valence electrons. The molecule has 0 atom stereocenters.